The van der Waals surface area contributed by atoms with Crippen LogP contribution in [0.4, 0.5) is 13.2 Å². The molecule has 1 aliphatic heterocycles. The van der Waals surface area contributed by atoms with E-state index >= 15 is 0 Å². The zero-order valence-corrected chi connectivity index (χ0v) is 13.7. The fourth-order valence-electron chi connectivity index (χ4n) is 2.70. The number of carbonyl (C=O) groups excluding carboxylic acids is 1. The van der Waals surface area contributed by atoms with E-state index in [9.17, 15) is 18.0 Å². The van der Waals surface area contributed by atoms with Crippen molar-refractivity contribution >= 4 is 5.91 Å². The van der Waals surface area contributed by atoms with Gasteiger partial charge in [0.25, 0.3) is 0 Å². The quantitative estimate of drug-likeness (QED) is 0.795. The Kier molecular flexibility index (Phi) is 6.65. The van der Waals surface area contributed by atoms with Gasteiger partial charge in [0.15, 0.2) is 6.61 Å². The van der Waals surface area contributed by atoms with Crippen LogP contribution in [-0.4, -0.2) is 47.7 Å². The summed E-state index contributed by atoms with van der Waals surface area (Å²) in [5.74, 6) is 2.30. The summed E-state index contributed by atoms with van der Waals surface area (Å²) in [7, 11) is 0. The Morgan fingerprint density at radius 3 is 3.00 bits per heavy atom. The first-order valence-corrected chi connectivity index (χ1v) is 7.99. The van der Waals surface area contributed by atoms with Gasteiger partial charge in [0, 0.05) is 18.8 Å². The predicted molar refractivity (Wildman–Crippen MR) is 85.7 cm³/mol. The van der Waals surface area contributed by atoms with Crippen LogP contribution in [0.15, 0.2) is 18.3 Å². The number of pyridine rings is 1. The maximum atomic E-state index is 12.4. The summed E-state index contributed by atoms with van der Waals surface area (Å²) in [6, 6.07) is 2.72. The number of hydrogen-bond acceptors (Lipinski definition) is 4. The van der Waals surface area contributed by atoms with Crippen molar-refractivity contribution in [3.05, 3.63) is 23.9 Å². The van der Waals surface area contributed by atoms with Crippen molar-refractivity contribution in [2.75, 3.05) is 19.7 Å². The van der Waals surface area contributed by atoms with Gasteiger partial charge < -0.3 is 10.1 Å². The third-order valence-electron chi connectivity index (χ3n) is 3.86. The number of nitrogens with one attached hydrogen (secondary N) is 1. The third-order valence-corrected chi connectivity index (χ3v) is 3.86. The number of rotatable bonds is 6. The average Bonchev–Trinajstić information content (AvgIpc) is 2.58. The van der Waals surface area contributed by atoms with Crippen molar-refractivity contribution in [3.8, 4) is 18.2 Å². The lowest BCUT2D eigenvalue weighted by molar-refractivity contribution is -0.154. The first kappa shape index (κ1) is 19.1. The molecule has 8 heteroatoms. The van der Waals surface area contributed by atoms with Gasteiger partial charge in [-0.1, -0.05) is 12.3 Å². The minimum atomic E-state index is -4.42. The molecule has 0 radical (unpaired) electrons. The normalized spacial score (nSPS) is 18.4. The molecule has 0 aromatic carbocycles. The molecule has 1 saturated heterocycles. The highest BCUT2D eigenvalue weighted by molar-refractivity contribution is 5.81. The fraction of sp³-hybridized carbons (Fsp3) is 0.529. The first-order valence-electron chi connectivity index (χ1n) is 7.99. The van der Waals surface area contributed by atoms with Crippen LogP contribution in [0.2, 0.25) is 0 Å². The number of terminal acetylenes is 1. The van der Waals surface area contributed by atoms with Crippen molar-refractivity contribution in [3.63, 3.8) is 0 Å². The van der Waals surface area contributed by atoms with Gasteiger partial charge in [0.1, 0.15) is 0 Å². The summed E-state index contributed by atoms with van der Waals surface area (Å²) < 4.78 is 41.1. The van der Waals surface area contributed by atoms with Gasteiger partial charge in [-0.3, -0.25) is 9.69 Å². The van der Waals surface area contributed by atoms with E-state index in [-0.39, 0.29) is 24.4 Å². The molecule has 2 rings (SSSR count). The zero-order valence-electron chi connectivity index (χ0n) is 13.7. The summed E-state index contributed by atoms with van der Waals surface area (Å²) in [5, 5.41) is 2.80. The van der Waals surface area contributed by atoms with Gasteiger partial charge in [-0.25, -0.2) is 4.98 Å². The number of aromatic nitrogens is 1. The maximum absolute atomic E-state index is 12.4. The average molecular weight is 355 g/mol. The number of piperidine rings is 1. The Labute approximate surface area is 144 Å². The van der Waals surface area contributed by atoms with E-state index in [2.05, 4.69) is 21.0 Å². The predicted octanol–water partition coefficient (Wildman–Crippen LogP) is 2.13. The molecule has 0 spiro atoms. The Hall–Kier alpha value is -2.27. The van der Waals surface area contributed by atoms with Gasteiger partial charge in [0.05, 0.1) is 12.6 Å². The highest BCUT2D eigenvalue weighted by Crippen LogP contribution is 2.18. The van der Waals surface area contributed by atoms with Crippen LogP contribution in [0.3, 0.4) is 0 Å². The lowest BCUT2D eigenvalue weighted by Crippen LogP contribution is -2.49. The van der Waals surface area contributed by atoms with Gasteiger partial charge >= 0.3 is 6.18 Å². The molecule has 1 aliphatic rings. The van der Waals surface area contributed by atoms with Gasteiger partial charge in [0.2, 0.25) is 11.8 Å². The second kappa shape index (κ2) is 8.72. The molecule has 1 fully saturated rings. The minimum Gasteiger partial charge on any atom is -0.468 e. The fourth-order valence-corrected chi connectivity index (χ4v) is 2.70. The monoisotopic (exact) mass is 355 g/mol. The van der Waals surface area contributed by atoms with Crippen LogP contribution in [0.25, 0.3) is 0 Å². The van der Waals surface area contributed by atoms with Crippen LogP contribution in [0.5, 0.6) is 5.88 Å². The number of halogens is 3. The van der Waals surface area contributed by atoms with E-state index in [0.717, 1.165) is 25.8 Å². The second-order valence-electron chi connectivity index (χ2n) is 5.81. The van der Waals surface area contributed by atoms with E-state index in [4.69, 9.17) is 6.42 Å². The number of carbonyl (C=O) groups is 1. The largest absolute Gasteiger partial charge is 0.468 e. The standard InChI is InChI=1S/C17H20F3N3O2/c1-2-8-23-9-4-3-5-14(23)16(24)22-11-13-6-7-21-15(10-13)25-12-17(18,19)20/h1,6-7,10,14H,3-5,8-9,11-12H2,(H,22,24)/t14-/m0/s1. The number of ether oxygens (including phenoxy) is 1. The summed E-state index contributed by atoms with van der Waals surface area (Å²) >= 11 is 0. The maximum Gasteiger partial charge on any atom is 0.422 e. The SMILES string of the molecule is C#CCN1CCCC[C@H]1C(=O)NCc1ccnc(OCC(F)(F)F)c1. The molecule has 1 N–H and O–H groups in total. The Balaban J connectivity index is 1.89. The molecule has 0 saturated carbocycles. The van der Waals surface area contributed by atoms with Crippen molar-refractivity contribution in [2.24, 2.45) is 0 Å². The first-order chi connectivity index (χ1) is 11.9. The molecular weight excluding hydrogens is 335 g/mol. The minimum absolute atomic E-state index is 0.129. The van der Waals surface area contributed by atoms with Crippen LogP contribution in [0, 0.1) is 12.3 Å². The molecule has 25 heavy (non-hydrogen) atoms. The van der Waals surface area contributed by atoms with Gasteiger partial charge in [-0.15, -0.1) is 6.42 Å². The Morgan fingerprint density at radius 1 is 1.48 bits per heavy atom. The van der Waals surface area contributed by atoms with Crippen molar-refractivity contribution in [1.82, 2.24) is 15.2 Å². The van der Waals surface area contributed by atoms with E-state index in [1.165, 1.54) is 12.3 Å². The van der Waals surface area contributed by atoms with E-state index in [1.54, 1.807) is 6.07 Å². The smallest absolute Gasteiger partial charge is 0.422 e. The topological polar surface area (TPSA) is 54.5 Å². The molecule has 0 aliphatic carbocycles. The highest BCUT2D eigenvalue weighted by Gasteiger charge is 2.29. The summed E-state index contributed by atoms with van der Waals surface area (Å²) in [4.78, 5) is 18.1. The van der Waals surface area contributed by atoms with Gasteiger partial charge in [-0.2, -0.15) is 13.2 Å². The number of alkyl halides is 3. The molecule has 5 nitrogen and oxygen atoms in total. The van der Waals surface area contributed by atoms with Crippen molar-refractivity contribution in [1.29, 1.82) is 0 Å². The molecule has 0 unspecified atom stereocenters. The number of likely N-dealkylation sites (tertiary alicyclic amines) is 1. The Bertz CT molecular complexity index is 628. The lowest BCUT2D eigenvalue weighted by Gasteiger charge is -2.33. The lowest BCUT2D eigenvalue weighted by atomic mass is 10.0. The van der Waals surface area contributed by atoms with Crippen molar-refractivity contribution < 1.29 is 22.7 Å². The van der Waals surface area contributed by atoms with E-state index in [1.807, 2.05) is 4.90 Å². The molecule has 1 aromatic rings. The van der Waals surface area contributed by atoms with Crippen LogP contribution in [0.1, 0.15) is 24.8 Å². The second-order valence-corrected chi connectivity index (χ2v) is 5.81. The molecule has 136 valence electrons. The van der Waals surface area contributed by atoms with Crippen LogP contribution >= 0.6 is 0 Å². The Morgan fingerprint density at radius 2 is 2.28 bits per heavy atom. The van der Waals surface area contributed by atoms with Crippen molar-refractivity contribution in [2.45, 2.75) is 38.0 Å². The molecule has 1 aromatic heterocycles. The third kappa shape index (κ3) is 6.27. The van der Waals surface area contributed by atoms with E-state index in [0.29, 0.717) is 12.1 Å². The number of nitrogens with zero attached hydrogens (tertiary/aromatic N) is 2. The molecule has 2 heterocycles. The summed E-state index contributed by atoms with van der Waals surface area (Å²) in [6.07, 6.45) is 4.97. The highest BCUT2D eigenvalue weighted by atomic mass is 19.4. The zero-order chi connectivity index (χ0) is 18.3. The van der Waals surface area contributed by atoms with Crippen LogP contribution in [-0.2, 0) is 11.3 Å². The number of hydrogen-bond donors (Lipinski definition) is 1. The number of amides is 1. The summed E-state index contributed by atoms with van der Waals surface area (Å²) in [6.45, 7) is -0.0151. The van der Waals surface area contributed by atoms with E-state index < -0.39 is 12.8 Å². The van der Waals surface area contributed by atoms with Crippen LogP contribution < -0.4 is 10.1 Å². The molecular formula is C17H20F3N3O2. The summed E-state index contributed by atoms with van der Waals surface area (Å²) in [5.41, 5.74) is 0.611. The molecule has 1 atom stereocenters. The molecule has 1 amide bonds. The molecule has 0 bridgehead atoms. The van der Waals surface area contributed by atoms with Gasteiger partial charge in [-0.05, 0) is 31.0 Å².